The number of nitrogens with zero attached hydrogens (tertiary/aromatic N) is 4. The molecule has 1 unspecified atom stereocenters. The maximum absolute atomic E-state index is 11.6. The van der Waals surface area contributed by atoms with Crippen molar-refractivity contribution in [3.63, 3.8) is 0 Å². The molecule has 8 nitrogen and oxygen atoms in total. The van der Waals surface area contributed by atoms with Gasteiger partial charge >= 0.3 is 11.7 Å². The van der Waals surface area contributed by atoms with Gasteiger partial charge < -0.3 is 5.11 Å². The van der Waals surface area contributed by atoms with Crippen LogP contribution in [0.2, 0.25) is 0 Å². The molecule has 0 spiro atoms. The number of aromatic amines is 1. The first-order valence-electron chi connectivity index (χ1n) is 7.70. The minimum atomic E-state index is -0.940. The fourth-order valence-corrected chi connectivity index (χ4v) is 3.40. The van der Waals surface area contributed by atoms with Crippen LogP contribution in [-0.2, 0) is 37.3 Å². The van der Waals surface area contributed by atoms with Gasteiger partial charge in [0.1, 0.15) is 11.9 Å². The van der Waals surface area contributed by atoms with Gasteiger partial charge in [0, 0.05) is 12.2 Å². The molecule has 0 fully saturated rings. The van der Waals surface area contributed by atoms with Crippen LogP contribution in [0.25, 0.3) is 0 Å². The fraction of sp³-hybridized carbons (Fsp3) is 0.467. The summed E-state index contributed by atoms with van der Waals surface area (Å²) in [5.74, 6) is -0.376. The first-order valence-corrected chi connectivity index (χ1v) is 7.70. The molecular formula is C15H17N5O3. The predicted molar refractivity (Wildman–Crippen MR) is 79.8 cm³/mol. The molecule has 0 saturated heterocycles. The van der Waals surface area contributed by atoms with Crippen molar-refractivity contribution in [2.24, 2.45) is 0 Å². The third-order valence-corrected chi connectivity index (χ3v) is 4.61. The number of rotatable bonds is 3. The van der Waals surface area contributed by atoms with Crippen LogP contribution < -0.4 is 5.69 Å². The molecule has 23 heavy (non-hydrogen) atoms. The van der Waals surface area contributed by atoms with Crippen molar-refractivity contribution in [3.05, 3.63) is 45.4 Å². The molecule has 0 amide bonds. The Labute approximate surface area is 131 Å². The van der Waals surface area contributed by atoms with E-state index in [2.05, 4.69) is 21.2 Å². The SMILES string of the molecule is O=C(O)C1Cn2c(n[nH]c2=O)CN1Cc1ccc2c(n1)CCC2. The summed E-state index contributed by atoms with van der Waals surface area (Å²) in [6.45, 7) is 0.852. The van der Waals surface area contributed by atoms with Crippen LogP contribution in [0.5, 0.6) is 0 Å². The summed E-state index contributed by atoms with van der Waals surface area (Å²) in [5, 5.41) is 15.8. The number of hydrogen-bond acceptors (Lipinski definition) is 5. The van der Waals surface area contributed by atoms with Gasteiger partial charge in [0.25, 0.3) is 0 Å². The molecule has 2 N–H and O–H groups in total. The van der Waals surface area contributed by atoms with Crippen molar-refractivity contribution in [1.82, 2.24) is 24.6 Å². The summed E-state index contributed by atoms with van der Waals surface area (Å²) < 4.78 is 1.39. The molecule has 2 aliphatic rings. The average Bonchev–Trinajstić information content (AvgIpc) is 3.13. The lowest BCUT2D eigenvalue weighted by atomic mass is 10.1. The number of nitrogens with one attached hydrogen (secondary N) is 1. The van der Waals surface area contributed by atoms with Crippen molar-refractivity contribution < 1.29 is 9.90 Å². The Morgan fingerprint density at radius 2 is 2.26 bits per heavy atom. The van der Waals surface area contributed by atoms with Crippen LogP contribution in [0.3, 0.4) is 0 Å². The average molecular weight is 315 g/mol. The summed E-state index contributed by atoms with van der Waals surface area (Å²) in [7, 11) is 0. The van der Waals surface area contributed by atoms with Crippen LogP contribution in [0, 0.1) is 0 Å². The lowest BCUT2D eigenvalue weighted by Crippen LogP contribution is -2.49. The van der Waals surface area contributed by atoms with Crippen molar-refractivity contribution in [1.29, 1.82) is 0 Å². The third kappa shape index (κ3) is 2.44. The fourth-order valence-electron chi connectivity index (χ4n) is 3.40. The van der Waals surface area contributed by atoms with E-state index in [1.165, 1.54) is 10.1 Å². The molecule has 8 heteroatoms. The summed E-state index contributed by atoms with van der Waals surface area (Å²) in [5.41, 5.74) is 2.93. The largest absolute Gasteiger partial charge is 0.480 e. The van der Waals surface area contributed by atoms with E-state index in [1.54, 1.807) is 0 Å². The van der Waals surface area contributed by atoms with Gasteiger partial charge in [-0.1, -0.05) is 6.07 Å². The van der Waals surface area contributed by atoms with Crippen LogP contribution in [0.15, 0.2) is 16.9 Å². The molecule has 0 saturated carbocycles. The first kappa shape index (κ1) is 14.1. The quantitative estimate of drug-likeness (QED) is 0.821. The highest BCUT2D eigenvalue weighted by molar-refractivity contribution is 5.73. The minimum absolute atomic E-state index is 0.102. The second-order valence-electron chi connectivity index (χ2n) is 6.08. The third-order valence-electron chi connectivity index (χ3n) is 4.61. The lowest BCUT2D eigenvalue weighted by Gasteiger charge is -2.32. The van der Waals surface area contributed by atoms with E-state index < -0.39 is 12.0 Å². The van der Waals surface area contributed by atoms with E-state index in [-0.39, 0.29) is 12.2 Å². The van der Waals surface area contributed by atoms with Gasteiger partial charge in [0.05, 0.1) is 18.8 Å². The molecule has 2 aromatic heterocycles. The number of aliphatic carboxylic acids is 1. The van der Waals surface area contributed by atoms with Gasteiger partial charge in [-0.05, 0) is 30.9 Å². The van der Waals surface area contributed by atoms with Crippen LogP contribution in [0.4, 0.5) is 0 Å². The number of H-pyrrole nitrogens is 1. The van der Waals surface area contributed by atoms with E-state index >= 15 is 0 Å². The number of aromatic nitrogens is 4. The topological polar surface area (TPSA) is 104 Å². The number of pyridine rings is 1. The maximum atomic E-state index is 11.6. The number of aryl methyl sites for hydroxylation is 2. The molecule has 3 heterocycles. The standard InChI is InChI=1S/C15H17N5O3/c21-14(22)12-7-20-13(17-18-15(20)23)8-19(12)6-10-5-4-9-2-1-3-11(9)16-10/h4-5,12H,1-3,6-8H2,(H,18,23)(H,21,22). The Balaban J connectivity index is 1.62. The second-order valence-corrected chi connectivity index (χ2v) is 6.08. The Hall–Kier alpha value is -2.48. The molecule has 2 aromatic rings. The molecule has 120 valence electrons. The molecule has 1 aliphatic heterocycles. The Bertz CT molecular complexity index is 825. The van der Waals surface area contributed by atoms with Crippen molar-refractivity contribution in [2.45, 2.75) is 44.9 Å². The first-order chi connectivity index (χ1) is 11.1. The molecule has 1 aliphatic carbocycles. The van der Waals surface area contributed by atoms with Crippen LogP contribution in [0.1, 0.15) is 29.2 Å². The molecule has 0 aromatic carbocycles. The smallest absolute Gasteiger partial charge is 0.343 e. The number of fused-ring (bicyclic) bond motifs is 2. The zero-order chi connectivity index (χ0) is 16.0. The number of carbonyl (C=O) groups is 1. The molecule has 1 atom stereocenters. The van der Waals surface area contributed by atoms with Crippen LogP contribution >= 0.6 is 0 Å². The van der Waals surface area contributed by atoms with Gasteiger partial charge in [-0.15, -0.1) is 0 Å². The van der Waals surface area contributed by atoms with Crippen molar-refractivity contribution in [3.8, 4) is 0 Å². The highest BCUT2D eigenvalue weighted by Crippen LogP contribution is 2.22. The summed E-state index contributed by atoms with van der Waals surface area (Å²) >= 11 is 0. The van der Waals surface area contributed by atoms with E-state index in [1.807, 2.05) is 11.0 Å². The van der Waals surface area contributed by atoms with E-state index in [9.17, 15) is 14.7 Å². The molecule has 4 rings (SSSR count). The second kappa shape index (κ2) is 5.31. The Kier molecular flexibility index (Phi) is 3.26. The normalized spacial score (nSPS) is 20.3. The van der Waals surface area contributed by atoms with Gasteiger partial charge in [-0.25, -0.2) is 9.89 Å². The van der Waals surface area contributed by atoms with Gasteiger partial charge in [0.15, 0.2) is 0 Å². The molecular weight excluding hydrogens is 298 g/mol. The zero-order valence-electron chi connectivity index (χ0n) is 12.5. The van der Waals surface area contributed by atoms with Crippen molar-refractivity contribution >= 4 is 5.97 Å². The minimum Gasteiger partial charge on any atom is -0.480 e. The number of carboxylic acids is 1. The van der Waals surface area contributed by atoms with Crippen molar-refractivity contribution in [2.75, 3.05) is 0 Å². The van der Waals surface area contributed by atoms with Gasteiger partial charge in [-0.3, -0.25) is 19.2 Å². The monoisotopic (exact) mass is 315 g/mol. The Morgan fingerprint density at radius 1 is 1.39 bits per heavy atom. The molecule has 0 bridgehead atoms. The highest BCUT2D eigenvalue weighted by atomic mass is 16.4. The predicted octanol–water partition coefficient (Wildman–Crippen LogP) is -0.0759. The number of hydrogen-bond donors (Lipinski definition) is 2. The lowest BCUT2D eigenvalue weighted by molar-refractivity contribution is -0.145. The van der Waals surface area contributed by atoms with E-state index in [0.717, 1.165) is 30.7 Å². The highest BCUT2D eigenvalue weighted by Gasteiger charge is 2.33. The Morgan fingerprint density at radius 3 is 3.09 bits per heavy atom. The summed E-state index contributed by atoms with van der Waals surface area (Å²) in [6.07, 6.45) is 3.20. The van der Waals surface area contributed by atoms with E-state index in [0.29, 0.717) is 18.9 Å². The zero-order valence-corrected chi connectivity index (χ0v) is 12.5. The summed E-state index contributed by atoms with van der Waals surface area (Å²) in [6, 6.07) is 3.30. The summed E-state index contributed by atoms with van der Waals surface area (Å²) in [4.78, 5) is 29.7. The van der Waals surface area contributed by atoms with Gasteiger partial charge in [-0.2, -0.15) is 5.10 Å². The maximum Gasteiger partial charge on any atom is 0.343 e. The van der Waals surface area contributed by atoms with Gasteiger partial charge in [0.2, 0.25) is 0 Å². The molecule has 0 radical (unpaired) electrons. The van der Waals surface area contributed by atoms with E-state index in [4.69, 9.17) is 0 Å². The number of carboxylic acid groups (broad SMARTS) is 1. The van der Waals surface area contributed by atoms with Crippen LogP contribution in [-0.4, -0.2) is 41.8 Å².